The zero-order chi connectivity index (χ0) is 20.0. The Bertz CT molecular complexity index is 787. The standard InChI is InChI=1S/C21H27ClN2O3/c1-21(2,3)27-20(26)24-11-5-7-14-6-4-8-15(12-14)19(25)17-13-16(22)9-10-18(17)23/h4,6,8-10,12-13,19,25H,5,7,11,23H2,1-3H3,(H,24,26). The first kappa shape index (κ1) is 21.1. The van der Waals surface area contributed by atoms with Crippen LogP contribution in [0.3, 0.4) is 0 Å². The van der Waals surface area contributed by atoms with Gasteiger partial charge in [0.25, 0.3) is 0 Å². The number of aliphatic hydroxyl groups excluding tert-OH is 1. The van der Waals surface area contributed by atoms with Gasteiger partial charge in [-0.1, -0.05) is 35.9 Å². The average Bonchev–Trinajstić information content (AvgIpc) is 2.59. The third-order valence-electron chi connectivity index (χ3n) is 3.92. The monoisotopic (exact) mass is 390 g/mol. The van der Waals surface area contributed by atoms with Crippen molar-refractivity contribution in [2.45, 2.75) is 45.3 Å². The van der Waals surface area contributed by atoms with Gasteiger partial charge in [-0.3, -0.25) is 0 Å². The molecule has 0 aliphatic carbocycles. The van der Waals surface area contributed by atoms with E-state index in [0.717, 1.165) is 24.0 Å². The molecule has 1 atom stereocenters. The van der Waals surface area contributed by atoms with E-state index in [1.807, 2.05) is 45.0 Å². The molecule has 2 rings (SSSR count). The number of hydrogen-bond acceptors (Lipinski definition) is 4. The first-order chi connectivity index (χ1) is 12.7. The zero-order valence-electron chi connectivity index (χ0n) is 16.0. The highest BCUT2D eigenvalue weighted by Crippen LogP contribution is 2.29. The van der Waals surface area contributed by atoms with Gasteiger partial charge in [0.15, 0.2) is 0 Å². The smallest absolute Gasteiger partial charge is 0.407 e. The Morgan fingerprint density at radius 2 is 2.00 bits per heavy atom. The molecule has 4 N–H and O–H groups in total. The third-order valence-corrected chi connectivity index (χ3v) is 4.16. The Balaban J connectivity index is 1.93. The molecule has 0 fully saturated rings. The maximum atomic E-state index is 11.6. The highest BCUT2D eigenvalue weighted by Gasteiger charge is 2.16. The fraction of sp³-hybridized carbons (Fsp3) is 0.381. The molecule has 0 saturated heterocycles. The van der Waals surface area contributed by atoms with Crippen LogP contribution < -0.4 is 11.1 Å². The molecule has 0 aliphatic rings. The number of nitrogen functional groups attached to an aromatic ring is 1. The van der Waals surface area contributed by atoms with E-state index in [9.17, 15) is 9.90 Å². The lowest BCUT2D eigenvalue weighted by Gasteiger charge is -2.19. The van der Waals surface area contributed by atoms with Crippen molar-refractivity contribution in [3.05, 3.63) is 64.2 Å². The van der Waals surface area contributed by atoms with Crippen molar-refractivity contribution in [1.82, 2.24) is 5.32 Å². The van der Waals surface area contributed by atoms with Crippen LogP contribution in [-0.2, 0) is 11.2 Å². The Morgan fingerprint density at radius 1 is 1.26 bits per heavy atom. The van der Waals surface area contributed by atoms with Gasteiger partial charge in [-0.25, -0.2) is 4.79 Å². The molecule has 0 saturated carbocycles. The maximum absolute atomic E-state index is 11.6. The summed E-state index contributed by atoms with van der Waals surface area (Å²) in [6.45, 7) is 6.01. The van der Waals surface area contributed by atoms with Crippen molar-refractivity contribution in [2.75, 3.05) is 12.3 Å². The lowest BCUT2D eigenvalue weighted by molar-refractivity contribution is 0.0527. The Hall–Kier alpha value is -2.24. The van der Waals surface area contributed by atoms with Crippen LogP contribution in [0.2, 0.25) is 5.02 Å². The Morgan fingerprint density at radius 3 is 2.70 bits per heavy atom. The van der Waals surface area contributed by atoms with E-state index in [0.29, 0.717) is 22.8 Å². The molecule has 6 heteroatoms. The summed E-state index contributed by atoms with van der Waals surface area (Å²) in [6, 6.07) is 12.8. The van der Waals surface area contributed by atoms with E-state index < -0.39 is 17.8 Å². The number of alkyl carbamates (subject to hydrolysis) is 1. The van der Waals surface area contributed by atoms with Crippen molar-refractivity contribution in [1.29, 1.82) is 0 Å². The molecule has 1 amide bonds. The SMILES string of the molecule is CC(C)(C)OC(=O)NCCCc1cccc(C(O)c2cc(Cl)ccc2N)c1. The minimum Gasteiger partial charge on any atom is -0.444 e. The molecule has 0 spiro atoms. The number of nitrogens with two attached hydrogens (primary N) is 1. The van der Waals surface area contributed by atoms with Gasteiger partial charge in [-0.05, 0) is 62.9 Å². The number of benzene rings is 2. The van der Waals surface area contributed by atoms with Gasteiger partial charge in [0, 0.05) is 22.8 Å². The predicted molar refractivity (Wildman–Crippen MR) is 109 cm³/mol. The van der Waals surface area contributed by atoms with Crippen LogP contribution in [0.5, 0.6) is 0 Å². The molecule has 5 nitrogen and oxygen atoms in total. The molecule has 2 aromatic rings. The molecule has 2 aromatic carbocycles. The molecule has 0 aliphatic heterocycles. The number of ether oxygens (including phenoxy) is 1. The summed E-state index contributed by atoms with van der Waals surface area (Å²) in [5.41, 5.74) is 8.37. The molecular weight excluding hydrogens is 364 g/mol. The van der Waals surface area contributed by atoms with Gasteiger partial charge < -0.3 is 20.9 Å². The van der Waals surface area contributed by atoms with E-state index in [2.05, 4.69) is 5.32 Å². The van der Waals surface area contributed by atoms with Gasteiger partial charge in [-0.15, -0.1) is 0 Å². The Kier molecular flexibility index (Phi) is 7.11. The number of aliphatic hydroxyl groups is 1. The summed E-state index contributed by atoms with van der Waals surface area (Å²) in [6.07, 6.45) is 0.270. The number of amides is 1. The van der Waals surface area contributed by atoms with Crippen molar-refractivity contribution in [3.63, 3.8) is 0 Å². The molecular formula is C21H27ClN2O3. The second kappa shape index (κ2) is 9.11. The number of nitrogens with one attached hydrogen (secondary N) is 1. The Labute approximate surface area is 165 Å². The second-order valence-electron chi connectivity index (χ2n) is 7.45. The number of anilines is 1. The fourth-order valence-electron chi connectivity index (χ4n) is 2.68. The van der Waals surface area contributed by atoms with Crippen LogP contribution in [0.25, 0.3) is 0 Å². The number of hydrogen-bond donors (Lipinski definition) is 3. The van der Waals surface area contributed by atoms with Crippen molar-refractivity contribution in [3.8, 4) is 0 Å². The summed E-state index contributed by atoms with van der Waals surface area (Å²) in [5.74, 6) is 0. The number of carbonyl (C=O) groups is 1. The van der Waals surface area contributed by atoms with E-state index >= 15 is 0 Å². The number of carbonyl (C=O) groups excluding carboxylic acids is 1. The van der Waals surface area contributed by atoms with Gasteiger partial charge in [0.1, 0.15) is 11.7 Å². The van der Waals surface area contributed by atoms with Gasteiger partial charge in [0.05, 0.1) is 0 Å². The van der Waals surface area contributed by atoms with E-state index in [1.54, 1.807) is 18.2 Å². The van der Waals surface area contributed by atoms with E-state index in [4.69, 9.17) is 22.1 Å². The summed E-state index contributed by atoms with van der Waals surface area (Å²) in [7, 11) is 0. The molecule has 146 valence electrons. The summed E-state index contributed by atoms with van der Waals surface area (Å²) < 4.78 is 5.20. The lowest BCUT2D eigenvalue weighted by atomic mass is 9.97. The minimum absolute atomic E-state index is 0.414. The number of rotatable bonds is 6. The maximum Gasteiger partial charge on any atom is 0.407 e. The zero-order valence-corrected chi connectivity index (χ0v) is 16.7. The van der Waals surface area contributed by atoms with Crippen LogP contribution in [0.4, 0.5) is 10.5 Å². The number of halogens is 1. The lowest BCUT2D eigenvalue weighted by Crippen LogP contribution is -2.33. The predicted octanol–water partition coefficient (Wildman–Crippen LogP) is 4.46. The highest BCUT2D eigenvalue weighted by atomic mass is 35.5. The van der Waals surface area contributed by atoms with Crippen molar-refractivity contribution in [2.24, 2.45) is 0 Å². The quantitative estimate of drug-likeness (QED) is 0.502. The van der Waals surface area contributed by atoms with Gasteiger partial charge in [0.2, 0.25) is 0 Å². The molecule has 0 bridgehead atoms. The normalized spacial score (nSPS) is 12.5. The molecule has 27 heavy (non-hydrogen) atoms. The minimum atomic E-state index is -0.844. The first-order valence-electron chi connectivity index (χ1n) is 8.94. The molecule has 0 heterocycles. The van der Waals surface area contributed by atoms with Gasteiger partial charge in [-0.2, -0.15) is 0 Å². The van der Waals surface area contributed by atoms with E-state index in [1.165, 1.54) is 0 Å². The molecule has 1 unspecified atom stereocenters. The second-order valence-corrected chi connectivity index (χ2v) is 7.89. The third kappa shape index (κ3) is 6.77. The summed E-state index contributed by atoms with van der Waals surface area (Å²) >= 11 is 6.02. The molecule has 0 radical (unpaired) electrons. The van der Waals surface area contributed by atoms with E-state index in [-0.39, 0.29) is 0 Å². The van der Waals surface area contributed by atoms with Crippen LogP contribution in [-0.4, -0.2) is 23.3 Å². The largest absolute Gasteiger partial charge is 0.444 e. The number of aryl methyl sites for hydroxylation is 1. The molecule has 0 aromatic heterocycles. The van der Waals surface area contributed by atoms with Crippen LogP contribution in [0.1, 0.15) is 50.0 Å². The first-order valence-corrected chi connectivity index (χ1v) is 9.32. The fourth-order valence-corrected chi connectivity index (χ4v) is 2.86. The summed E-state index contributed by atoms with van der Waals surface area (Å²) in [5, 5.41) is 13.9. The summed E-state index contributed by atoms with van der Waals surface area (Å²) in [4.78, 5) is 11.6. The van der Waals surface area contributed by atoms with Crippen LogP contribution in [0, 0.1) is 0 Å². The van der Waals surface area contributed by atoms with Crippen molar-refractivity contribution < 1.29 is 14.6 Å². The van der Waals surface area contributed by atoms with Crippen LogP contribution >= 0.6 is 11.6 Å². The van der Waals surface area contributed by atoms with Gasteiger partial charge >= 0.3 is 6.09 Å². The van der Waals surface area contributed by atoms with Crippen molar-refractivity contribution >= 4 is 23.4 Å². The average molecular weight is 391 g/mol. The van der Waals surface area contributed by atoms with Crippen LogP contribution in [0.15, 0.2) is 42.5 Å². The topological polar surface area (TPSA) is 84.6 Å². The highest BCUT2D eigenvalue weighted by molar-refractivity contribution is 6.30.